The Balaban J connectivity index is 1.87. The van der Waals surface area contributed by atoms with Gasteiger partial charge in [0.2, 0.25) is 5.95 Å². The molecule has 1 aliphatic heterocycles. The summed E-state index contributed by atoms with van der Waals surface area (Å²) in [6.45, 7) is 12.2. The van der Waals surface area contributed by atoms with Crippen molar-refractivity contribution >= 4 is 33.9 Å². The molecule has 0 radical (unpaired) electrons. The Morgan fingerprint density at radius 3 is 2.47 bits per heavy atom. The molecule has 3 aromatic rings. The molecule has 3 heterocycles. The van der Waals surface area contributed by atoms with Crippen LogP contribution in [0, 0.1) is 13.8 Å². The van der Waals surface area contributed by atoms with Crippen LogP contribution in [0.2, 0.25) is 0 Å². The van der Waals surface area contributed by atoms with Gasteiger partial charge in [0, 0.05) is 60.1 Å². The molecular formula is C23H31F2N5OS. The van der Waals surface area contributed by atoms with Crippen molar-refractivity contribution < 1.29 is 13.3 Å². The van der Waals surface area contributed by atoms with Crippen molar-refractivity contribution in [2.75, 3.05) is 18.0 Å². The molecule has 174 valence electrons. The van der Waals surface area contributed by atoms with Gasteiger partial charge in [-0.1, -0.05) is 6.07 Å². The Bertz CT molecular complexity index is 1150. The van der Waals surface area contributed by atoms with E-state index in [1.165, 1.54) is 0 Å². The predicted octanol–water partition coefficient (Wildman–Crippen LogP) is 4.85. The summed E-state index contributed by atoms with van der Waals surface area (Å²) in [5.74, 6) is -2.00. The number of benzene rings is 1. The third-order valence-corrected chi connectivity index (χ3v) is 7.64. The number of hydrogen-bond donors (Lipinski definition) is 1. The van der Waals surface area contributed by atoms with Gasteiger partial charge in [0.15, 0.2) is 0 Å². The lowest BCUT2D eigenvalue weighted by Crippen LogP contribution is -2.41. The van der Waals surface area contributed by atoms with Gasteiger partial charge in [0.05, 0.1) is 11.6 Å². The van der Waals surface area contributed by atoms with E-state index in [9.17, 15) is 13.3 Å². The fourth-order valence-corrected chi connectivity index (χ4v) is 4.91. The maximum absolute atomic E-state index is 13.8. The minimum absolute atomic E-state index is 0.189. The lowest BCUT2D eigenvalue weighted by molar-refractivity contribution is -0.0222. The normalized spacial score (nSPS) is 19.0. The van der Waals surface area contributed by atoms with Crippen molar-refractivity contribution in [1.82, 2.24) is 19.1 Å². The van der Waals surface area contributed by atoms with E-state index in [4.69, 9.17) is 4.98 Å². The Labute approximate surface area is 190 Å². The fourth-order valence-electron chi connectivity index (χ4n) is 4.11. The molecular weight excluding hydrogens is 432 g/mol. The van der Waals surface area contributed by atoms with Crippen LogP contribution >= 0.6 is 0 Å². The third-order valence-electron chi connectivity index (χ3n) is 5.96. The molecule has 2 atom stereocenters. The smallest absolute Gasteiger partial charge is 0.251 e. The van der Waals surface area contributed by atoms with E-state index in [1.54, 1.807) is 6.20 Å². The van der Waals surface area contributed by atoms with Crippen molar-refractivity contribution in [2.45, 2.75) is 71.1 Å². The number of anilines is 1. The first kappa shape index (κ1) is 23.2. The molecule has 1 aliphatic rings. The Hall–Kier alpha value is -1.97. The van der Waals surface area contributed by atoms with Crippen LogP contribution in [0.25, 0.3) is 16.6 Å². The molecule has 9 heteroatoms. The van der Waals surface area contributed by atoms with Gasteiger partial charge >= 0.3 is 0 Å². The zero-order chi connectivity index (χ0) is 23.4. The fraction of sp³-hybridized carbons (Fsp3) is 0.565. The number of nitrogens with zero attached hydrogens (tertiary/aromatic N) is 4. The number of rotatable bonds is 4. The van der Waals surface area contributed by atoms with Crippen LogP contribution in [0.1, 0.15) is 63.4 Å². The molecule has 1 saturated heterocycles. The number of imidazole rings is 1. The monoisotopic (exact) mass is 463 g/mol. The number of aromatic nitrogens is 3. The van der Waals surface area contributed by atoms with Crippen molar-refractivity contribution in [3.63, 3.8) is 0 Å². The summed E-state index contributed by atoms with van der Waals surface area (Å²) in [6, 6.07) is 3.88. The van der Waals surface area contributed by atoms with E-state index in [0.717, 1.165) is 33.4 Å². The van der Waals surface area contributed by atoms with E-state index in [2.05, 4.69) is 15.8 Å². The summed E-state index contributed by atoms with van der Waals surface area (Å²) >= 11 is -1.25. The van der Waals surface area contributed by atoms with Crippen LogP contribution in [0.3, 0.4) is 0 Å². The average Bonchev–Trinajstić information content (AvgIpc) is 3.08. The summed E-state index contributed by atoms with van der Waals surface area (Å²) in [4.78, 5) is 11.6. The highest BCUT2D eigenvalue weighted by molar-refractivity contribution is 7.90. The van der Waals surface area contributed by atoms with Crippen molar-refractivity contribution in [3.8, 4) is 0 Å². The Kier molecular flexibility index (Phi) is 5.88. The lowest BCUT2D eigenvalue weighted by Gasteiger charge is -2.33. The van der Waals surface area contributed by atoms with Gasteiger partial charge < -0.3 is 9.45 Å². The quantitative estimate of drug-likeness (QED) is 0.561. The van der Waals surface area contributed by atoms with Crippen molar-refractivity contribution in [3.05, 3.63) is 35.2 Å². The number of piperidine rings is 1. The first-order valence-electron chi connectivity index (χ1n) is 11.0. The molecule has 2 aromatic heterocycles. The van der Waals surface area contributed by atoms with Gasteiger partial charge in [-0.2, -0.15) is 0 Å². The summed E-state index contributed by atoms with van der Waals surface area (Å²) < 4.78 is 45.1. The van der Waals surface area contributed by atoms with Crippen LogP contribution in [0.5, 0.6) is 0 Å². The second kappa shape index (κ2) is 8.11. The standard InChI is InChI=1S/C23H31F2N5OS/c1-14-11-17(16(3)28-32(31)22(4,5)6)19-18(12-14)20-26-13-15(2)30(20)21(27-19)29-9-7-23(24,25)8-10-29/h11-13,16,28H,7-10H2,1-6H3/t16-,32-/m1/s1. The molecule has 4 rings (SSSR count). The number of alkyl halides is 2. The highest BCUT2D eigenvalue weighted by Gasteiger charge is 2.36. The lowest BCUT2D eigenvalue weighted by atomic mass is 10.0. The van der Waals surface area contributed by atoms with E-state index in [-0.39, 0.29) is 32.0 Å². The molecule has 1 N–H and O–H groups in total. The third kappa shape index (κ3) is 4.30. The maximum Gasteiger partial charge on any atom is 0.251 e. The maximum atomic E-state index is 13.8. The Morgan fingerprint density at radius 1 is 1.19 bits per heavy atom. The number of nitrogens with one attached hydrogen (secondary N) is 1. The van der Waals surface area contributed by atoms with Gasteiger partial charge in [-0.05, 0) is 53.2 Å². The van der Waals surface area contributed by atoms with Crippen LogP contribution in [-0.2, 0) is 11.4 Å². The van der Waals surface area contributed by atoms with E-state index in [1.807, 2.05) is 56.9 Å². The molecule has 0 amide bonds. The molecule has 0 unspecified atom stereocenters. The average molecular weight is 464 g/mol. The van der Waals surface area contributed by atoms with Gasteiger partial charge in [0.1, 0.15) is 10.4 Å². The number of fused-ring (bicyclic) bond motifs is 3. The minimum atomic E-state index is -2.63. The van der Waals surface area contributed by atoms with E-state index < -0.39 is 22.0 Å². The number of halogens is 2. The summed E-state index contributed by atoms with van der Waals surface area (Å²) in [7, 11) is 0. The molecule has 0 saturated carbocycles. The summed E-state index contributed by atoms with van der Waals surface area (Å²) in [6.07, 6.45) is 1.41. The summed E-state index contributed by atoms with van der Waals surface area (Å²) in [5, 5.41) is 0.898. The minimum Gasteiger partial charge on any atom is -0.598 e. The molecule has 1 aromatic carbocycles. The van der Waals surface area contributed by atoms with Gasteiger partial charge in [-0.3, -0.25) is 4.40 Å². The van der Waals surface area contributed by atoms with Crippen molar-refractivity contribution in [2.24, 2.45) is 0 Å². The van der Waals surface area contributed by atoms with E-state index >= 15 is 0 Å². The van der Waals surface area contributed by atoms with Crippen LogP contribution in [-0.4, -0.2) is 42.7 Å². The molecule has 0 spiro atoms. The molecule has 0 bridgehead atoms. The largest absolute Gasteiger partial charge is 0.598 e. The van der Waals surface area contributed by atoms with E-state index in [0.29, 0.717) is 5.95 Å². The van der Waals surface area contributed by atoms with Crippen LogP contribution in [0.15, 0.2) is 18.3 Å². The second-order valence-electron chi connectivity index (χ2n) is 9.78. The highest BCUT2D eigenvalue weighted by atomic mass is 32.2. The van der Waals surface area contributed by atoms with Gasteiger partial charge in [-0.25, -0.2) is 18.7 Å². The van der Waals surface area contributed by atoms with Crippen LogP contribution < -0.4 is 9.62 Å². The SMILES string of the molecule is Cc1cc([C@@H](C)N[S@+]([O-])C(C)(C)C)c2nc(N3CCC(F)(F)CC3)n3c(C)cnc3c2c1. The predicted molar refractivity (Wildman–Crippen MR) is 126 cm³/mol. The second-order valence-corrected chi connectivity index (χ2v) is 11.8. The molecule has 32 heavy (non-hydrogen) atoms. The topological polar surface area (TPSA) is 68.5 Å². The molecule has 0 aliphatic carbocycles. The zero-order valence-electron chi connectivity index (χ0n) is 19.5. The summed E-state index contributed by atoms with van der Waals surface area (Å²) in [5.41, 5.74) is 4.40. The van der Waals surface area contributed by atoms with Gasteiger partial charge in [-0.15, -0.1) is 4.72 Å². The molecule has 6 nitrogen and oxygen atoms in total. The highest BCUT2D eigenvalue weighted by Crippen LogP contribution is 2.34. The zero-order valence-corrected chi connectivity index (χ0v) is 20.3. The van der Waals surface area contributed by atoms with Gasteiger partial charge in [0.25, 0.3) is 5.92 Å². The first-order chi connectivity index (χ1) is 14.9. The Morgan fingerprint density at radius 2 is 1.84 bits per heavy atom. The number of aryl methyl sites for hydroxylation is 2. The first-order valence-corrected chi connectivity index (χ1v) is 12.1. The molecule has 1 fully saturated rings. The van der Waals surface area contributed by atoms with Crippen molar-refractivity contribution in [1.29, 1.82) is 0 Å². The number of hydrogen-bond acceptors (Lipinski definition) is 5. The van der Waals surface area contributed by atoms with Crippen LogP contribution in [0.4, 0.5) is 14.7 Å².